The summed E-state index contributed by atoms with van der Waals surface area (Å²) in [4.78, 5) is 46.4. The van der Waals surface area contributed by atoms with Crippen molar-refractivity contribution >= 4 is 17.9 Å². The number of unbranched alkanes of at least 4 members (excludes halogenated alkanes) is 2. The van der Waals surface area contributed by atoms with E-state index in [1.54, 1.807) is 16.8 Å². The van der Waals surface area contributed by atoms with Crippen LogP contribution in [0.15, 0.2) is 12.1 Å². The molecule has 3 unspecified atom stereocenters. The average molecular weight is 576 g/mol. The van der Waals surface area contributed by atoms with E-state index in [4.69, 9.17) is 19.9 Å². The molecule has 3 N–H and O–H groups in total. The highest BCUT2D eigenvalue weighted by Gasteiger charge is 2.48. The Kier molecular flexibility index (Phi) is 10.5. The fraction of sp³-hybridized carbons (Fsp3) is 0.690. The number of carboxylic acids is 1. The van der Waals surface area contributed by atoms with Gasteiger partial charge in [-0.1, -0.05) is 13.3 Å². The number of methoxy groups -OCH3 is 1. The van der Waals surface area contributed by atoms with Crippen molar-refractivity contribution in [2.45, 2.75) is 51.0 Å². The van der Waals surface area contributed by atoms with Crippen LogP contribution in [0, 0.1) is 5.92 Å². The van der Waals surface area contributed by atoms with Crippen molar-refractivity contribution in [1.82, 2.24) is 19.6 Å². The number of rotatable bonds is 15. The van der Waals surface area contributed by atoms with Crippen molar-refractivity contribution in [2.75, 3.05) is 73.3 Å². The molecule has 1 aromatic carbocycles. The van der Waals surface area contributed by atoms with Gasteiger partial charge in [-0.05, 0) is 49.9 Å². The second kappa shape index (κ2) is 14.1. The number of fused-ring (bicyclic) bond motifs is 1. The first-order valence-corrected chi connectivity index (χ1v) is 14.7. The number of amides is 3. The lowest BCUT2D eigenvalue weighted by atomic mass is 9.84. The Morgan fingerprint density at radius 1 is 1.17 bits per heavy atom. The lowest BCUT2D eigenvalue weighted by Crippen LogP contribution is -2.46. The van der Waals surface area contributed by atoms with Crippen molar-refractivity contribution < 1.29 is 33.7 Å². The average Bonchev–Trinajstić information content (AvgIpc) is 3.66. The van der Waals surface area contributed by atoms with E-state index in [0.29, 0.717) is 69.5 Å². The number of nitrogens with zero attached hydrogens (tertiary/aromatic N) is 4. The van der Waals surface area contributed by atoms with Gasteiger partial charge >= 0.3 is 12.0 Å². The number of benzene rings is 1. The van der Waals surface area contributed by atoms with Gasteiger partial charge in [-0.2, -0.15) is 0 Å². The smallest absolute Gasteiger partial charge is 0.319 e. The maximum Gasteiger partial charge on any atom is 0.319 e. The summed E-state index contributed by atoms with van der Waals surface area (Å²) >= 11 is 0. The molecule has 41 heavy (non-hydrogen) atoms. The Bertz CT molecular complexity index is 1090. The number of carbonyl (C=O) groups is 3. The molecule has 4 rings (SSSR count). The molecule has 3 amide bonds. The number of carbonyl (C=O) groups excluding carboxylic acids is 2. The largest absolute Gasteiger partial charge is 0.493 e. The summed E-state index contributed by atoms with van der Waals surface area (Å²) in [7, 11) is 3.30. The summed E-state index contributed by atoms with van der Waals surface area (Å²) in [5, 5.41) is 10.5. The van der Waals surface area contributed by atoms with Crippen molar-refractivity contribution in [3.63, 3.8) is 0 Å². The van der Waals surface area contributed by atoms with Crippen LogP contribution in [0.1, 0.15) is 50.5 Å². The van der Waals surface area contributed by atoms with Gasteiger partial charge in [0.1, 0.15) is 0 Å². The lowest BCUT2D eigenvalue weighted by Gasteiger charge is -2.30. The van der Waals surface area contributed by atoms with E-state index >= 15 is 0 Å². The number of urea groups is 1. The van der Waals surface area contributed by atoms with Crippen LogP contribution in [0.4, 0.5) is 4.79 Å². The molecule has 0 spiro atoms. The van der Waals surface area contributed by atoms with Crippen LogP contribution in [0.2, 0.25) is 0 Å². The first-order chi connectivity index (χ1) is 19.8. The minimum Gasteiger partial charge on any atom is -0.493 e. The fourth-order valence-electron chi connectivity index (χ4n) is 6.18. The molecule has 228 valence electrons. The minimum absolute atomic E-state index is 0.00879. The molecule has 1 aromatic rings. The molecule has 12 heteroatoms. The first kappa shape index (κ1) is 30.7. The number of ether oxygens (including phenoxy) is 3. The van der Waals surface area contributed by atoms with Gasteiger partial charge < -0.3 is 39.8 Å². The van der Waals surface area contributed by atoms with Gasteiger partial charge in [0.2, 0.25) is 18.4 Å². The van der Waals surface area contributed by atoms with E-state index in [0.717, 1.165) is 31.2 Å². The van der Waals surface area contributed by atoms with E-state index in [-0.39, 0.29) is 25.3 Å². The highest BCUT2D eigenvalue weighted by molar-refractivity contribution is 5.79. The highest BCUT2D eigenvalue weighted by atomic mass is 16.7. The molecule has 2 saturated heterocycles. The van der Waals surface area contributed by atoms with Gasteiger partial charge in [-0.3, -0.25) is 14.5 Å². The van der Waals surface area contributed by atoms with Crippen LogP contribution in [0.3, 0.4) is 0 Å². The van der Waals surface area contributed by atoms with Crippen molar-refractivity contribution in [3.8, 4) is 17.2 Å². The topological polar surface area (TPSA) is 138 Å². The molecular formula is C29H45N5O7. The van der Waals surface area contributed by atoms with E-state index < -0.39 is 23.8 Å². The SMILES string of the molecule is CCCCN(CCCCN)C(=O)CN1CC(c2cc(OC)c3c(c2)OCO3)C(C(=O)O)C1CCN1CCN(C)C1=O. The maximum atomic E-state index is 13.7. The molecule has 0 aliphatic carbocycles. The monoisotopic (exact) mass is 575 g/mol. The predicted octanol–water partition coefficient (Wildman–Crippen LogP) is 2.02. The molecular weight excluding hydrogens is 530 g/mol. The second-order valence-electron chi connectivity index (χ2n) is 11.1. The zero-order chi connectivity index (χ0) is 29.5. The van der Waals surface area contributed by atoms with Gasteiger partial charge in [0.15, 0.2) is 11.5 Å². The van der Waals surface area contributed by atoms with Crippen LogP contribution in [0.25, 0.3) is 0 Å². The lowest BCUT2D eigenvalue weighted by molar-refractivity contribution is -0.144. The normalized spacial score (nSPS) is 22.0. The van der Waals surface area contributed by atoms with Crippen molar-refractivity contribution in [1.29, 1.82) is 0 Å². The van der Waals surface area contributed by atoms with Crippen LogP contribution in [-0.4, -0.2) is 122 Å². The highest BCUT2D eigenvalue weighted by Crippen LogP contribution is 2.47. The van der Waals surface area contributed by atoms with Gasteiger partial charge in [0, 0.05) is 58.3 Å². The van der Waals surface area contributed by atoms with E-state index in [9.17, 15) is 19.5 Å². The summed E-state index contributed by atoms with van der Waals surface area (Å²) in [6.07, 6.45) is 4.00. The molecule has 3 atom stereocenters. The van der Waals surface area contributed by atoms with Gasteiger partial charge in [0.05, 0.1) is 19.6 Å². The predicted molar refractivity (Wildman–Crippen MR) is 152 cm³/mol. The van der Waals surface area contributed by atoms with Gasteiger partial charge in [0.25, 0.3) is 0 Å². The Labute approximate surface area is 242 Å². The van der Waals surface area contributed by atoms with Crippen molar-refractivity contribution in [3.05, 3.63) is 17.7 Å². The molecule has 0 radical (unpaired) electrons. The second-order valence-corrected chi connectivity index (χ2v) is 11.1. The van der Waals surface area contributed by atoms with E-state index in [1.165, 1.54) is 7.11 Å². The molecule has 12 nitrogen and oxygen atoms in total. The summed E-state index contributed by atoms with van der Waals surface area (Å²) in [6, 6.07) is 3.15. The zero-order valence-electron chi connectivity index (χ0n) is 24.5. The first-order valence-electron chi connectivity index (χ1n) is 14.7. The van der Waals surface area contributed by atoms with Crippen LogP contribution >= 0.6 is 0 Å². The van der Waals surface area contributed by atoms with Gasteiger partial charge in [-0.25, -0.2) is 4.79 Å². The number of likely N-dealkylation sites (tertiary alicyclic amines) is 1. The standard InChI is InChI=1S/C29H45N5O7/c1-4-5-10-32(11-7-6-9-30)25(35)18-34-17-21(20-15-23(39-3)27-24(16-20)40-19-41-27)26(28(36)37)22(34)8-12-33-14-13-31(2)29(33)38/h15-16,21-22,26H,4-14,17-19,30H2,1-3H3,(H,36,37). The van der Waals surface area contributed by atoms with E-state index in [1.807, 2.05) is 21.9 Å². The van der Waals surface area contributed by atoms with Gasteiger partial charge in [-0.15, -0.1) is 0 Å². The number of hydrogen-bond donors (Lipinski definition) is 2. The molecule has 0 bridgehead atoms. The van der Waals surface area contributed by atoms with Crippen molar-refractivity contribution in [2.24, 2.45) is 11.7 Å². The number of nitrogens with two attached hydrogens (primary N) is 1. The molecule has 3 heterocycles. The quantitative estimate of drug-likeness (QED) is 0.301. The summed E-state index contributed by atoms with van der Waals surface area (Å²) in [6.45, 7) is 6.22. The number of hydrogen-bond acceptors (Lipinski definition) is 8. The number of aliphatic carboxylic acids is 1. The fourth-order valence-corrected chi connectivity index (χ4v) is 6.18. The molecule has 2 fully saturated rings. The summed E-state index contributed by atoms with van der Waals surface area (Å²) in [5.41, 5.74) is 6.45. The molecule has 3 aliphatic rings. The molecule has 3 aliphatic heterocycles. The third-order valence-corrected chi connectivity index (χ3v) is 8.49. The Hall–Kier alpha value is -3.25. The minimum atomic E-state index is -0.928. The Balaban J connectivity index is 1.61. The van der Waals surface area contributed by atoms with Crippen LogP contribution < -0.4 is 19.9 Å². The maximum absolute atomic E-state index is 13.7. The molecule has 0 aromatic heterocycles. The van der Waals surface area contributed by atoms with Crippen LogP contribution in [-0.2, 0) is 9.59 Å². The Morgan fingerprint density at radius 2 is 1.95 bits per heavy atom. The third kappa shape index (κ3) is 6.98. The number of carboxylic acid groups (broad SMARTS) is 1. The zero-order valence-corrected chi connectivity index (χ0v) is 24.5. The number of likely N-dealkylation sites (N-methyl/N-ethyl adjacent to an activating group) is 1. The van der Waals surface area contributed by atoms with E-state index in [2.05, 4.69) is 6.92 Å². The van der Waals surface area contributed by atoms with Crippen LogP contribution in [0.5, 0.6) is 17.2 Å². The molecule has 0 saturated carbocycles. The summed E-state index contributed by atoms with van der Waals surface area (Å²) in [5.74, 6) is -0.623. The third-order valence-electron chi connectivity index (χ3n) is 8.49. The summed E-state index contributed by atoms with van der Waals surface area (Å²) < 4.78 is 16.7. The Morgan fingerprint density at radius 3 is 2.61 bits per heavy atom.